The molecule has 0 saturated heterocycles. The summed E-state index contributed by atoms with van der Waals surface area (Å²) in [5.41, 5.74) is -0.146. The van der Waals surface area contributed by atoms with Crippen LogP contribution in [-0.4, -0.2) is 20.1 Å². The smallest absolute Gasteiger partial charge is 0.313 e. The Labute approximate surface area is 120 Å². The summed E-state index contributed by atoms with van der Waals surface area (Å²) >= 11 is 3.34. The van der Waals surface area contributed by atoms with Crippen LogP contribution in [0.3, 0.4) is 0 Å². The van der Waals surface area contributed by atoms with Crippen LogP contribution in [0.4, 0.5) is 4.39 Å². The first-order valence-electron chi connectivity index (χ1n) is 6.26. The van der Waals surface area contributed by atoms with Crippen molar-refractivity contribution in [2.24, 2.45) is 5.41 Å². The van der Waals surface area contributed by atoms with E-state index < -0.39 is 5.41 Å². The van der Waals surface area contributed by atoms with Gasteiger partial charge in [-0.1, -0.05) is 22.4 Å². The fourth-order valence-corrected chi connectivity index (χ4v) is 3.22. The van der Waals surface area contributed by atoms with Crippen LogP contribution in [0.15, 0.2) is 22.7 Å². The zero-order valence-electron chi connectivity index (χ0n) is 11.0. The molecule has 5 heteroatoms. The number of halogens is 2. The van der Waals surface area contributed by atoms with Crippen molar-refractivity contribution in [1.29, 1.82) is 0 Å². The lowest BCUT2D eigenvalue weighted by molar-refractivity contribution is -0.161. The number of rotatable bonds is 4. The van der Waals surface area contributed by atoms with Gasteiger partial charge in [-0.25, -0.2) is 4.39 Å². The highest BCUT2D eigenvalue weighted by molar-refractivity contribution is 9.10. The Morgan fingerprint density at radius 3 is 2.68 bits per heavy atom. The average Bonchev–Trinajstić information content (AvgIpc) is 2.36. The standard InChI is InChI=1S/C14H17BrFNO2/c1-17-12(10-8-9(15)4-5-11(10)16)14(6-3-7-14)13(18)19-2/h4-5,8,12,17H,3,6-7H2,1-2H3. The summed E-state index contributed by atoms with van der Waals surface area (Å²) in [7, 11) is 3.13. The van der Waals surface area contributed by atoms with Gasteiger partial charge >= 0.3 is 5.97 Å². The summed E-state index contributed by atoms with van der Waals surface area (Å²) in [6.07, 6.45) is 2.40. The van der Waals surface area contributed by atoms with Gasteiger partial charge in [-0.05, 0) is 38.1 Å². The molecule has 1 atom stereocenters. The summed E-state index contributed by atoms with van der Waals surface area (Å²) in [5, 5.41) is 3.08. The van der Waals surface area contributed by atoms with Gasteiger partial charge in [0, 0.05) is 10.0 Å². The van der Waals surface area contributed by atoms with E-state index in [1.807, 2.05) is 0 Å². The lowest BCUT2D eigenvalue weighted by Crippen LogP contribution is -2.48. The van der Waals surface area contributed by atoms with Crippen LogP contribution in [0.2, 0.25) is 0 Å². The van der Waals surface area contributed by atoms with Gasteiger partial charge in [0.05, 0.1) is 18.6 Å². The van der Waals surface area contributed by atoms with E-state index in [1.165, 1.54) is 13.2 Å². The molecule has 0 amide bonds. The largest absolute Gasteiger partial charge is 0.469 e. The molecule has 0 heterocycles. The highest BCUT2D eigenvalue weighted by Crippen LogP contribution is 2.51. The Balaban J connectivity index is 2.44. The van der Waals surface area contributed by atoms with Crippen LogP contribution in [0.5, 0.6) is 0 Å². The number of esters is 1. The normalized spacial score (nSPS) is 18.5. The molecule has 19 heavy (non-hydrogen) atoms. The van der Waals surface area contributed by atoms with E-state index in [0.29, 0.717) is 5.56 Å². The zero-order chi connectivity index (χ0) is 14.0. The first-order chi connectivity index (χ1) is 9.05. The van der Waals surface area contributed by atoms with E-state index in [0.717, 1.165) is 23.7 Å². The monoisotopic (exact) mass is 329 g/mol. The third kappa shape index (κ3) is 2.41. The van der Waals surface area contributed by atoms with Crippen molar-refractivity contribution in [3.8, 4) is 0 Å². The van der Waals surface area contributed by atoms with E-state index in [1.54, 1.807) is 19.2 Å². The maximum atomic E-state index is 14.1. The molecule has 0 spiro atoms. The van der Waals surface area contributed by atoms with E-state index in [2.05, 4.69) is 21.2 Å². The Morgan fingerprint density at radius 2 is 2.21 bits per heavy atom. The molecule has 1 unspecified atom stereocenters. The van der Waals surface area contributed by atoms with Gasteiger partial charge in [0.2, 0.25) is 0 Å². The summed E-state index contributed by atoms with van der Waals surface area (Å²) < 4.78 is 19.8. The molecule has 1 saturated carbocycles. The second-order valence-electron chi connectivity index (χ2n) is 4.89. The second-order valence-corrected chi connectivity index (χ2v) is 5.80. The van der Waals surface area contributed by atoms with Crippen molar-refractivity contribution in [3.05, 3.63) is 34.1 Å². The van der Waals surface area contributed by atoms with Crippen molar-refractivity contribution >= 4 is 21.9 Å². The molecule has 3 nitrogen and oxygen atoms in total. The summed E-state index contributed by atoms with van der Waals surface area (Å²) in [4.78, 5) is 12.1. The van der Waals surface area contributed by atoms with Gasteiger partial charge in [-0.3, -0.25) is 4.79 Å². The lowest BCUT2D eigenvalue weighted by Gasteiger charge is -2.45. The number of methoxy groups -OCH3 is 1. The average molecular weight is 330 g/mol. The van der Waals surface area contributed by atoms with E-state index in [-0.39, 0.29) is 17.8 Å². The van der Waals surface area contributed by atoms with E-state index in [9.17, 15) is 9.18 Å². The van der Waals surface area contributed by atoms with Gasteiger partial charge in [0.25, 0.3) is 0 Å². The quantitative estimate of drug-likeness (QED) is 0.862. The molecule has 1 fully saturated rings. The first kappa shape index (κ1) is 14.5. The van der Waals surface area contributed by atoms with Crippen molar-refractivity contribution in [3.63, 3.8) is 0 Å². The molecule has 0 radical (unpaired) electrons. The molecule has 1 aromatic carbocycles. The highest BCUT2D eigenvalue weighted by Gasteiger charge is 2.52. The summed E-state index contributed by atoms with van der Waals surface area (Å²) in [5.74, 6) is -0.574. The fourth-order valence-electron chi connectivity index (χ4n) is 2.84. The number of hydrogen-bond donors (Lipinski definition) is 1. The SMILES string of the molecule is CNC(c1cc(Br)ccc1F)C1(C(=O)OC)CCC1. The highest BCUT2D eigenvalue weighted by atomic mass is 79.9. The zero-order valence-corrected chi connectivity index (χ0v) is 12.6. The lowest BCUT2D eigenvalue weighted by atomic mass is 9.62. The summed E-state index contributed by atoms with van der Waals surface area (Å²) in [6.45, 7) is 0. The topological polar surface area (TPSA) is 38.3 Å². The maximum Gasteiger partial charge on any atom is 0.313 e. The van der Waals surface area contributed by atoms with Gasteiger partial charge < -0.3 is 10.1 Å². The van der Waals surface area contributed by atoms with Crippen molar-refractivity contribution in [2.45, 2.75) is 25.3 Å². The number of nitrogens with one attached hydrogen (secondary N) is 1. The predicted octanol–water partition coefficient (Wildman–Crippen LogP) is 3.19. The molecule has 1 aliphatic carbocycles. The summed E-state index contributed by atoms with van der Waals surface area (Å²) in [6, 6.07) is 4.41. The number of ether oxygens (including phenoxy) is 1. The third-order valence-corrected chi connectivity index (χ3v) is 4.44. The Hall–Kier alpha value is -0.940. The number of carbonyl (C=O) groups excluding carboxylic acids is 1. The van der Waals surface area contributed by atoms with Crippen LogP contribution in [0.25, 0.3) is 0 Å². The van der Waals surface area contributed by atoms with Crippen molar-refractivity contribution in [2.75, 3.05) is 14.2 Å². The van der Waals surface area contributed by atoms with E-state index in [4.69, 9.17) is 4.74 Å². The fraction of sp³-hybridized carbons (Fsp3) is 0.500. The van der Waals surface area contributed by atoms with Gasteiger partial charge in [-0.15, -0.1) is 0 Å². The van der Waals surface area contributed by atoms with Crippen molar-refractivity contribution < 1.29 is 13.9 Å². The molecular weight excluding hydrogens is 313 g/mol. The minimum Gasteiger partial charge on any atom is -0.469 e. The van der Waals surface area contributed by atoms with Crippen molar-refractivity contribution in [1.82, 2.24) is 5.32 Å². The molecule has 0 aliphatic heterocycles. The van der Waals surface area contributed by atoms with Crippen LogP contribution in [0, 0.1) is 11.2 Å². The van der Waals surface area contributed by atoms with Gasteiger partial charge in [0.15, 0.2) is 0 Å². The van der Waals surface area contributed by atoms with Crippen LogP contribution < -0.4 is 5.32 Å². The third-order valence-electron chi connectivity index (χ3n) is 3.95. The number of benzene rings is 1. The van der Waals surface area contributed by atoms with E-state index >= 15 is 0 Å². The molecule has 0 bridgehead atoms. The number of hydrogen-bond acceptors (Lipinski definition) is 3. The molecular formula is C14H17BrFNO2. The minimum atomic E-state index is -0.648. The molecule has 0 aromatic heterocycles. The molecule has 2 rings (SSSR count). The minimum absolute atomic E-state index is 0.266. The Bertz CT molecular complexity index is 488. The van der Waals surface area contributed by atoms with Gasteiger partial charge in [-0.2, -0.15) is 0 Å². The Morgan fingerprint density at radius 1 is 1.53 bits per heavy atom. The molecule has 1 N–H and O–H groups in total. The predicted molar refractivity (Wildman–Crippen MR) is 74.2 cm³/mol. The first-order valence-corrected chi connectivity index (χ1v) is 7.05. The second kappa shape index (κ2) is 5.59. The molecule has 104 valence electrons. The van der Waals surface area contributed by atoms with Crippen LogP contribution >= 0.6 is 15.9 Å². The molecule has 1 aromatic rings. The molecule has 1 aliphatic rings. The Kier molecular flexibility index (Phi) is 4.26. The van der Waals surface area contributed by atoms with Crippen LogP contribution in [-0.2, 0) is 9.53 Å². The maximum absolute atomic E-state index is 14.1. The number of carbonyl (C=O) groups is 1. The van der Waals surface area contributed by atoms with Crippen LogP contribution in [0.1, 0.15) is 30.9 Å². The van der Waals surface area contributed by atoms with Gasteiger partial charge in [0.1, 0.15) is 5.82 Å².